The van der Waals surface area contributed by atoms with Crippen LogP contribution in [0.15, 0.2) is 64.2 Å². The molecule has 0 saturated heterocycles. The second-order valence-corrected chi connectivity index (χ2v) is 6.65. The van der Waals surface area contributed by atoms with Crippen LogP contribution < -0.4 is 0 Å². The largest absolute Gasteiger partial charge is 0.361 e. The van der Waals surface area contributed by atoms with Gasteiger partial charge in [-0.25, -0.2) is 0 Å². The summed E-state index contributed by atoms with van der Waals surface area (Å²) in [5.74, 6) is 0. The zero-order valence-corrected chi connectivity index (χ0v) is 14.3. The minimum Gasteiger partial charge on any atom is -0.361 e. The fourth-order valence-corrected chi connectivity index (χ4v) is 2.79. The first-order chi connectivity index (χ1) is 11.1. The molecule has 2 aromatic carbocycles. The second kappa shape index (κ2) is 6.39. The Balaban J connectivity index is 1.86. The van der Waals surface area contributed by atoms with Crippen LogP contribution in [-0.2, 0) is 6.42 Å². The van der Waals surface area contributed by atoms with Gasteiger partial charge in [-0.2, -0.15) is 5.26 Å². The van der Waals surface area contributed by atoms with Gasteiger partial charge in [0.2, 0.25) is 0 Å². The minimum absolute atomic E-state index is 0.570. The number of hydrogen-bond acceptors (Lipinski definition) is 2. The number of halogens is 1. The van der Waals surface area contributed by atoms with Crippen LogP contribution in [0.3, 0.4) is 0 Å². The van der Waals surface area contributed by atoms with E-state index in [0.717, 1.165) is 26.5 Å². The molecule has 23 heavy (non-hydrogen) atoms. The lowest BCUT2D eigenvalue weighted by Gasteiger charge is -2.16. The van der Waals surface area contributed by atoms with Crippen molar-refractivity contribution in [2.45, 2.75) is 18.9 Å². The maximum Gasteiger partial charge on any atom is 0.148 e. The third kappa shape index (κ3) is 3.52. The van der Waals surface area contributed by atoms with E-state index in [-0.39, 0.29) is 0 Å². The number of rotatable bonds is 4. The molecule has 0 radical (unpaired) electrons. The summed E-state index contributed by atoms with van der Waals surface area (Å²) in [7, 11) is 0. The van der Waals surface area contributed by atoms with Crippen molar-refractivity contribution in [1.82, 2.24) is 4.98 Å². The molecule has 4 heteroatoms. The van der Waals surface area contributed by atoms with Gasteiger partial charge >= 0.3 is 0 Å². The smallest absolute Gasteiger partial charge is 0.148 e. The zero-order valence-electron chi connectivity index (χ0n) is 12.8. The number of aliphatic imine (C=N–C) groups is 1. The van der Waals surface area contributed by atoms with Crippen molar-refractivity contribution >= 4 is 33.0 Å². The van der Waals surface area contributed by atoms with Crippen LogP contribution in [0.25, 0.3) is 10.9 Å². The Hall–Kier alpha value is -2.38. The van der Waals surface area contributed by atoms with Crippen LogP contribution in [0.5, 0.6) is 0 Å². The highest BCUT2D eigenvalue weighted by atomic mass is 79.9. The highest BCUT2D eigenvalue weighted by Gasteiger charge is 2.24. The molecule has 3 aromatic rings. The Morgan fingerprint density at radius 2 is 1.96 bits per heavy atom. The molecule has 1 aromatic heterocycles. The lowest BCUT2D eigenvalue weighted by molar-refractivity contribution is 0.604. The van der Waals surface area contributed by atoms with Crippen LogP contribution >= 0.6 is 15.9 Å². The van der Waals surface area contributed by atoms with E-state index in [1.54, 1.807) is 6.21 Å². The number of nitrogens with zero attached hydrogens (tertiary/aromatic N) is 2. The molecule has 1 N–H and O–H groups in total. The van der Waals surface area contributed by atoms with Gasteiger partial charge in [0.1, 0.15) is 5.54 Å². The number of H-pyrrole nitrogens is 1. The number of para-hydroxylation sites is 1. The maximum atomic E-state index is 9.60. The van der Waals surface area contributed by atoms with E-state index in [1.165, 1.54) is 0 Å². The van der Waals surface area contributed by atoms with Gasteiger partial charge in [0.15, 0.2) is 0 Å². The topological polar surface area (TPSA) is 51.9 Å². The zero-order chi connectivity index (χ0) is 16.3. The number of nitriles is 1. The molecular formula is C19H16BrN3. The van der Waals surface area contributed by atoms with Gasteiger partial charge in [0.05, 0.1) is 6.07 Å². The van der Waals surface area contributed by atoms with E-state index in [2.05, 4.69) is 38.0 Å². The summed E-state index contributed by atoms with van der Waals surface area (Å²) in [5.41, 5.74) is 2.38. The summed E-state index contributed by atoms with van der Waals surface area (Å²) < 4.78 is 1.02. The quantitative estimate of drug-likeness (QED) is 0.658. The van der Waals surface area contributed by atoms with Crippen molar-refractivity contribution in [1.29, 1.82) is 5.26 Å². The first-order valence-corrected chi connectivity index (χ1v) is 8.16. The second-order valence-electron chi connectivity index (χ2n) is 5.73. The standard InChI is InChI=1S/C19H16BrN3/c1-19(13-21,23-11-14-6-8-16(20)9-7-14)10-15-12-22-18-5-3-2-4-17(15)18/h2-9,11-12,22H,10H2,1H3. The number of benzene rings is 2. The van der Waals surface area contributed by atoms with Crippen molar-refractivity contribution in [3.05, 3.63) is 70.3 Å². The highest BCUT2D eigenvalue weighted by molar-refractivity contribution is 9.10. The molecule has 0 bridgehead atoms. The van der Waals surface area contributed by atoms with E-state index in [4.69, 9.17) is 0 Å². The molecule has 0 saturated carbocycles. The molecule has 0 aliphatic heterocycles. The van der Waals surface area contributed by atoms with Gasteiger partial charge in [0.25, 0.3) is 0 Å². The summed E-state index contributed by atoms with van der Waals surface area (Å²) in [6, 6.07) is 18.3. The van der Waals surface area contributed by atoms with E-state index in [0.29, 0.717) is 6.42 Å². The third-order valence-corrected chi connectivity index (χ3v) is 4.35. The Morgan fingerprint density at radius 3 is 2.70 bits per heavy atom. The lowest BCUT2D eigenvalue weighted by Crippen LogP contribution is -2.22. The van der Waals surface area contributed by atoms with Crippen LogP contribution in [0.4, 0.5) is 0 Å². The molecule has 0 aliphatic carbocycles. The summed E-state index contributed by atoms with van der Waals surface area (Å²) in [4.78, 5) is 7.79. The van der Waals surface area contributed by atoms with Crippen molar-refractivity contribution in [3.63, 3.8) is 0 Å². The van der Waals surface area contributed by atoms with Crippen LogP contribution in [0, 0.1) is 11.3 Å². The van der Waals surface area contributed by atoms with Crippen LogP contribution in [-0.4, -0.2) is 16.7 Å². The molecule has 0 spiro atoms. The van der Waals surface area contributed by atoms with E-state index < -0.39 is 5.54 Å². The number of fused-ring (bicyclic) bond motifs is 1. The molecule has 1 unspecified atom stereocenters. The van der Waals surface area contributed by atoms with Gasteiger partial charge < -0.3 is 4.98 Å². The van der Waals surface area contributed by atoms with Gasteiger partial charge in [-0.3, -0.25) is 4.99 Å². The Bertz CT molecular complexity index is 887. The van der Waals surface area contributed by atoms with E-state index in [9.17, 15) is 5.26 Å². The summed E-state index contributed by atoms with van der Waals surface area (Å²) >= 11 is 3.41. The predicted octanol–water partition coefficient (Wildman–Crippen LogP) is 4.87. The molecular weight excluding hydrogens is 350 g/mol. The Morgan fingerprint density at radius 1 is 1.22 bits per heavy atom. The summed E-state index contributed by atoms with van der Waals surface area (Å²) in [6.07, 6.45) is 4.31. The molecule has 0 fully saturated rings. The van der Waals surface area contributed by atoms with Gasteiger partial charge in [0, 0.05) is 34.2 Å². The van der Waals surface area contributed by atoms with Gasteiger partial charge in [-0.15, -0.1) is 0 Å². The van der Waals surface area contributed by atoms with Crippen molar-refractivity contribution in [3.8, 4) is 6.07 Å². The first kappa shape index (κ1) is 15.5. The fourth-order valence-electron chi connectivity index (χ4n) is 2.53. The molecule has 1 heterocycles. The molecule has 1 atom stereocenters. The third-order valence-electron chi connectivity index (χ3n) is 3.82. The summed E-state index contributed by atoms with van der Waals surface area (Å²) in [6.45, 7) is 1.87. The summed E-state index contributed by atoms with van der Waals surface area (Å²) in [5, 5.41) is 10.7. The predicted molar refractivity (Wildman–Crippen MR) is 97.8 cm³/mol. The average molecular weight is 366 g/mol. The molecule has 3 nitrogen and oxygen atoms in total. The van der Waals surface area contributed by atoms with Crippen molar-refractivity contribution in [2.75, 3.05) is 0 Å². The van der Waals surface area contributed by atoms with Crippen LogP contribution in [0.1, 0.15) is 18.1 Å². The van der Waals surface area contributed by atoms with Crippen molar-refractivity contribution in [2.24, 2.45) is 4.99 Å². The van der Waals surface area contributed by atoms with Crippen molar-refractivity contribution < 1.29 is 0 Å². The molecule has 114 valence electrons. The van der Waals surface area contributed by atoms with Gasteiger partial charge in [-0.1, -0.05) is 46.3 Å². The minimum atomic E-state index is -0.794. The van der Waals surface area contributed by atoms with Crippen LogP contribution in [0.2, 0.25) is 0 Å². The number of hydrogen-bond donors (Lipinski definition) is 1. The van der Waals surface area contributed by atoms with E-state index in [1.807, 2.05) is 55.6 Å². The number of aromatic amines is 1. The lowest BCUT2D eigenvalue weighted by atomic mass is 9.94. The number of nitrogens with one attached hydrogen (secondary N) is 1. The Kier molecular flexibility index (Phi) is 4.31. The molecule has 0 amide bonds. The molecule has 0 aliphatic rings. The number of aromatic nitrogens is 1. The van der Waals surface area contributed by atoms with E-state index >= 15 is 0 Å². The monoisotopic (exact) mass is 365 g/mol. The maximum absolute atomic E-state index is 9.60. The Labute approximate surface area is 143 Å². The SMILES string of the molecule is CC(C#N)(Cc1c[nH]c2ccccc12)N=Cc1ccc(Br)cc1. The normalized spacial score (nSPS) is 14.0. The fraction of sp³-hybridized carbons (Fsp3) is 0.158. The first-order valence-electron chi connectivity index (χ1n) is 7.37. The molecule has 3 rings (SSSR count). The van der Waals surface area contributed by atoms with Gasteiger partial charge in [-0.05, 0) is 36.2 Å². The average Bonchev–Trinajstić information content (AvgIpc) is 2.97. The highest BCUT2D eigenvalue weighted by Crippen LogP contribution is 2.24.